The number of hydrogen-bond donors (Lipinski definition) is 1. The van der Waals surface area contributed by atoms with E-state index in [1.807, 2.05) is 36.4 Å². The van der Waals surface area contributed by atoms with Crippen LogP contribution in [0.25, 0.3) is 11.0 Å². The number of benzene rings is 3. The number of nitrogens with one attached hydrogen (secondary N) is 1. The first-order valence-electron chi connectivity index (χ1n) is 13.3. The molecule has 0 aliphatic heterocycles. The first-order valence-corrected chi connectivity index (χ1v) is 13.7. The van der Waals surface area contributed by atoms with Crippen LogP contribution in [-0.4, -0.2) is 40.0 Å². The Balaban J connectivity index is 1.61. The number of aromatic nitrogens is 3. The lowest BCUT2D eigenvalue weighted by atomic mass is 9.94. The number of hydrogen-bond acceptors (Lipinski definition) is 5. The maximum Gasteiger partial charge on any atom is 0.252 e. The van der Waals surface area contributed by atoms with Crippen LogP contribution >= 0.6 is 11.6 Å². The van der Waals surface area contributed by atoms with Crippen molar-refractivity contribution < 1.29 is 14.3 Å². The number of ether oxygens (including phenoxy) is 1. The van der Waals surface area contributed by atoms with Crippen LogP contribution in [-0.2, 0) is 9.59 Å². The van der Waals surface area contributed by atoms with Gasteiger partial charge in [-0.2, -0.15) is 0 Å². The minimum absolute atomic E-state index is 0.0619. The van der Waals surface area contributed by atoms with Crippen molar-refractivity contribution in [2.24, 2.45) is 0 Å². The van der Waals surface area contributed by atoms with E-state index in [4.69, 9.17) is 16.3 Å². The maximum atomic E-state index is 14.4. The molecule has 0 saturated heterocycles. The van der Waals surface area contributed by atoms with E-state index in [2.05, 4.69) is 15.6 Å². The Labute approximate surface area is 232 Å². The Bertz CT molecular complexity index is 1450. The summed E-state index contributed by atoms with van der Waals surface area (Å²) in [7, 11) is 1.59. The molecule has 202 valence electrons. The van der Waals surface area contributed by atoms with E-state index in [0.717, 1.165) is 31.2 Å². The van der Waals surface area contributed by atoms with Crippen LogP contribution in [0.3, 0.4) is 0 Å². The zero-order chi connectivity index (χ0) is 27.4. The molecule has 0 unspecified atom stereocenters. The molecule has 1 aliphatic carbocycles. The highest BCUT2D eigenvalue weighted by molar-refractivity contribution is 6.34. The van der Waals surface area contributed by atoms with Crippen LogP contribution in [0.2, 0.25) is 5.02 Å². The van der Waals surface area contributed by atoms with Gasteiger partial charge >= 0.3 is 0 Å². The summed E-state index contributed by atoms with van der Waals surface area (Å²) in [5, 5.41) is 12.1. The molecule has 0 radical (unpaired) electrons. The normalized spacial score (nSPS) is 15.5. The third kappa shape index (κ3) is 5.61. The Morgan fingerprint density at radius 3 is 2.41 bits per heavy atom. The molecule has 4 aromatic rings. The molecule has 1 heterocycles. The van der Waals surface area contributed by atoms with Crippen LogP contribution in [0.4, 0.5) is 5.69 Å². The molecule has 9 heteroatoms. The van der Waals surface area contributed by atoms with Gasteiger partial charge in [0.1, 0.15) is 23.3 Å². The van der Waals surface area contributed by atoms with Crippen molar-refractivity contribution in [1.29, 1.82) is 0 Å². The minimum Gasteiger partial charge on any atom is -0.497 e. The van der Waals surface area contributed by atoms with Crippen LogP contribution < -0.4 is 15.0 Å². The fourth-order valence-electron chi connectivity index (χ4n) is 5.24. The number of carbonyl (C=O) groups excluding carboxylic acids is 2. The summed E-state index contributed by atoms with van der Waals surface area (Å²) in [6.07, 6.45) is 5.15. The molecule has 1 fully saturated rings. The number of nitrogens with zero attached hydrogens (tertiary/aromatic N) is 4. The van der Waals surface area contributed by atoms with Gasteiger partial charge < -0.3 is 10.1 Å². The summed E-state index contributed by atoms with van der Waals surface area (Å²) in [6.45, 7) is 1.76. The number of carbonyl (C=O) groups is 2. The molecule has 1 N–H and O–H groups in total. The number of halogens is 1. The van der Waals surface area contributed by atoms with Gasteiger partial charge in [0.25, 0.3) is 5.91 Å². The van der Waals surface area contributed by atoms with Crippen molar-refractivity contribution in [3.05, 3.63) is 83.4 Å². The average molecular weight is 546 g/mol. The highest BCUT2D eigenvalue weighted by Crippen LogP contribution is 2.36. The number of rotatable bonds is 8. The second-order valence-electron chi connectivity index (χ2n) is 9.88. The zero-order valence-corrected chi connectivity index (χ0v) is 22.8. The third-order valence-electron chi connectivity index (χ3n) is 7.34. The van der Waals surface area contributed by atoms with E-state index >= 15 is 0 Å². The van der Waals surface area contributed by atoms with E-state index in [9.17, 15) is 9.59 Å². The van der Waals surface area contributed by atoms with Crippen molar-refractivity contribution >= 4 is 40.1 Å². The quantitative estimate of drug-likeness (QED) is 0.299. The SMILES string of the molecule is COc1ccc([C@H](C(=O)NC2CCCCC2)N(C(=O)[C@@H](C)n2nnc3ccccc32)c2ccccc2Cl)cc1. The molecule has 0 bridgehead atoms. The molecule has 3 aromatic carbocycles. The van der Waals surface area contributed by atoms with Gasteiger partial charge in [-0.15, -0.1) is 5.10 Å². The molecule has 1 aromatic heterocycles. The maximum absolute atomic E-state index is 14.4. The largest absolute Gasteiger partial charge is 0.497 e. The topological polar surface area (TPSA) is 89.4 Å². The van der Waals surface area contributed by atoms with E-state index in [1.165, 1.54) is 11.3 Å². The van der Waals surface area contributed by atoms with Gasteiger partial charge in [-0.1, -0.05) is 72.5 Å². The minimum atomic E-state index is -0.970. The first-order chi connectivity index (χ1) is 19.0. The van der Waals surface area contributed by atoms with Crippen molar-refractivity contribution in [3.8, 4) is 5.75 Å². The Kier molecular flexibility index (Phi) is 8.12. The second kappa shape index (κ2) is 11.9. The Morgan fingerprint density at radius 2 is 1.69 bits per heavy atom. The lowest BCUT2D eigenvalue weighted by molar-refractivity contribution is -0.128. The standard InChI is InChI=1S/C30H32ClN5O3/c1-20(36-27-15-9-7-13-25(27)33-34-36)30(38)35(26-14-8-6-12-24(26)31)28(21-16-18-23(39-2)19-17-21)29(37)32-22-10-4-3-5-11-22/h6-9,12-20,22,28H,3-5,10-11H2,1-2H3,(H,32,37)/t20-,28-/m1/s1. The Morgan fingerprint density at radius 1 is 1.00 bits per heavy atom. The van der Waals surface area contributed by atoms with Gasteiger partial charge in [0.15, 0.2) is 0 Å². The van der Waals surface area contributed by atoms with Gasteiger partial charge in [-0.3, -0.25) is 14.5 Å². The van der Waals surface area contributed by atoms with E-state index < -0.39 is 12.1 Å². The lowest BCUT2D eigenvalue weighted by Gasteiger charge is -2.35. The van der Waals surface area contributed by atoms with Crippen molar-refractivity contribution in [2.75, 3.05) is 12.0 Å². The lowest BCUT2D eigenvalue weighted by Crippen LogP contribution is -2.49. The second-order valence-corrected chi connectivity index (χ2v) is 10.3. The molecule has 5 rings (SSSR count). The van der Waals surface area contributed by atoms with Gasteiger partial charge in [-0.05, 0) is 61.7 Å². The molecule has 2 amide bonds. The molecule has 39 heavy (non-hydrogen) atoms. The third-order valence-corrected chi connectivity index (χ3v) is 7.66. The smallest absolute Gasteiger partial charge is 0.252 e. The zero-order valence-electron chi connectivity index (χ0n) is 22.1. The van der Waals surface area contributed by atoms with Gasteiger partial charge in [0.2, 0.25) is 5.91 Å². The summed E-state index contributed by atoms with van der Waals surface area (Å²) < 4.78 is 6.94. The first kappa shape index (κ1) is 26.7. The van der Waals surface area contributed by atoms with Crippen LogP contribution in [0.15, 0.2) is 72.8 Å². The summed E-state index contributed by atoms with van der Waals surface area (Å²) in [5.41, 5.74) is 2.50. The number of para-hydroxylation sites is 2. The van der Waals surface area contributed by atoms with Gasteiger partial charge in [0.05, 0.1) is 23.3 Å². The van der Waals surface area contributed by atoms with Crippen molar-refractivity contribution in [3.63, 3.8) is 0 Å². The molecule has 0 spiro atoms. The number of methoxy groups -OCH3 is 1. The summed E-state index contributed by atoms with van der Waals surface area (Å²) in [4.78, 5) is 30.1. The number of amides is 2. The highest BCUT2D eigenvalue weighted by atomic mass is 35.5. The van der Waals surface area contributed by atoms with Crippen molar-refractivity contribution in [2.45, 2.75) is 57.2 Å². The molecular formula is C30H32ClN5O3. The average Bonchev–Trinajstić information content (AvgIpc) is 3.40. The summed E-state index contributed by atoms with van der Waals surface area (Å²) in [6, 6.07) is 20.1. The molecule has 2 atom stereocenters. The highest BCUT2D eigenvalue weighted by Gasteiger charge is 2.38. The van der Waals surface area contributed by atoms with Gasteiger partial charge in [-0.25, -0.2) is 4.68 Å². The molecule has 1 aliphatic rings. The van der Waals surface area contributed by atoms with Crippen LogP contribution in [0, 0.1) is 0 Å². The van der Waals surface area contributed by atoms with Crippen LogP contribution in [0.1, 0.15) is 56.7 Å². The van der Waals surface area contributed by atoms with Gasteiger partial charge in [0, 0.05) is 6.04 Å². The predicted molar refractivity (Wildman–Crippen MR) is 152 cm³/mol. The molecular weight excluding hydrogens is 514 g/mol. The molecule has 1 saturated carbocycles. The fraction of sp³-hybridized carbons (Fsp3) is 0.333. The number of anilines is 1. The summed E-state index contributed by atoms with van der Waals surface area (Å²) >= 11 is 6.68. The van der Waals surface area contributed by atoms with E-state index in [1.54, 1.807) is 55.1 Å². The number of fused-ring (bicyclic) bond motifs is 1. The van der Waals surface area contributed by atoms with E-state index in [0.29, 0.717) is 27.5 Å². The Hall–Kier alpha value is -3.91. The summed E-state index contributed by atoms with van der Waals surface area (Å²) in [5.74, 6) is 0.0672. The monoisotopic (exact) mass is 545 g/mol. The van der Waals surface area contributed by atoms with Crippen LogP contribution in [0.5, 0.6) is 5.75 Å². The fourth-order valence-corrected chi connectivity index (χ4v) is 5.47. The van der Waals surface area contributed by atoms with E-state index in [-0.39, 0.29) is 17.9 Å². The predicted octanol–water partition coefficient (Wildman–Crippen LogP) is 5.88. The molecule has 8 nitrogen and oxygen atoms in total. The van der Waals surface area contributed by atoms with Crippen molar-refractivity contribution in [1.82, 2.24) is 20.3 Å².